The first-order chi connectivity index (χ1) is 14.2. The molecule has 2 heterocycles. The molecule has 5 N–H and O–H groups in total. The number of fused-ring (bicyclic) bond motifs is 1. The number of carbonyl (C=O) groups is 3. The standard InChI is InChI=1S/C21H23N5O3S/c1-10-5-6-14(8-11(10)2)19(28)23-9-15(27)25-26-20(29)18-17(22)16-12(3)7-13(4)24-21(16)30-18/h5-8H,9,22H2,1-4H3,(H,23,28)(H,25,27)(H,26,29). The fraction of sp³-hybridized carbons (Fsp3) is 0.238. The lowest BCUT2D eigenvalue weighted by Gasteiger charge is -2.09. The summed E-state index contributed by atoms with van der Waals surface area (Å²) < 4.78 is 0. The SMILES string of the molecule is Cc1cc(C)c2c(N)c(C(=O)NNC(=O)CNC(=O)c3ccc(C)c(C)c3)sc2n1. The van der Waals surface area contributed by atoms with Crippen LogP contribution in [0, 0.1) is 27.7 Å². The van der Waals surface area contributed by atoms with Crippen LogP contribution in [0.1, 0.15) is 42.4 Å². The molecule has 156 valence electrons. The number of thiophene rings is 1. The summed E-state index contributed by atoms with van der Waals surface area (Å²) in [4.78, 5) is 42.0. The smallest absolute Gasteiger partial charge is 0.281 e. The van der Waals surface area contributed by atoms with Crippen LogP contribution in [0.5, 0.6) is 0 Å². The minimum Gasteiger partial charge on any atom is -0.397 e. The lowest BCUT2D eigenvalue weighted by molar-refractivity contribution is -0.120. The maximum atomic E-state index is 12.5. The summed E-state index contributed by atoms with van der Waals surface area (Å²) in [5.74, 6) is -1.47. The molecule has 0 bridgehead atoms. The maximum absolute atomic E-state index is 12.5. The number of hydrogen-bond donors (Lipinski definition) is 4. The molecule has 8 nitrogen and oxygen atoms in total. The van der Waals surface area contributed by atoms with Crippen molar-refractivity contribution in [2.75, 3.05) is 12.3 Å². The maximum Gasteiger partial charge on any atom is 0.281 e. The molecule has 9 heteroatoms. The molecule has 0 radical (unpaired) electrons. The Kier molecular flexibility index (Phi) is 6.02. The molecule has 0 aliphatic carbocycles. The van der Waals surface area contributed by atoms with Crippen LogP contribution >= 0.6 is 11.3 Å². The van der Waals surface area contributed by atoms with Crippen molar-refractivity contribution in [1.29, 1.82) is 0 Å². The van der Waals surface area contributed by atoms with Crippen molar-refractivity contribution in [3.8, 4) is 0 Å². The average Bonchev–Trinajstić information content (AvgIpc) is 3.02. The van der Waals surface area contributed by atoms with Crippen LogP contribution in [0.15, 0.2) is 24.3 Å². The first-order valence-electron chi connectivity index (χ1n) is 9.28. The Labute approximate surface area is 177 Å². The van der Waals surface area contributed by atoms with E-state index in [0.29, 0.717) is 16.1 Å². The summed E-state index contributed by atoms with van der Waals surface area (Å²) in [6.07, 6.45) is 0. The number of nitrogens with one attached hydrogen (secondary N) is 3. The van der Waals surface area contributed by atoms with Gasteiger partial charge in [-0.05, 0) is 62.6 Å². The molecule has 3 amide bonds. The molecule has 0 atom stereocenters. The quantitative estimate of drug-likeness (QED) is 0.477. The summed E-state index contributed by atoms with van der Waals surface area (Å²) >= 11 is 1.16. The van der Waals surface area contributed by atoms with Gasteiger partial charge in [0.25, 0.3) is 17.7 Å². The summed E-state index contributed by atoms with van der Waals surface area (Å²) in [6, 6.07) is 7.19. The second-order valence-electron chi connectivity index (χ2n) is 7.09. The monoisotopic (exact) mass is 425 g/mol. The molecule has 0 fully saturated rings. The number of aryl methyl sites for hydroxylation is 4. The van der Waals surface area contributed by atoms with Gasteiger partial charge in [-0.1, -0.05) is 6.07 Å². The molecule has 0 aliphatic rings. The van der Waals surface area contributed by atoms with Crippen molar-refractivity contribution in [2.24, 2.45) is 0 Å². The van der Waals surface area contributed by atoms with E-state index in [-0.39, 0.29) is 17.3 Å². The van der Waals surface area contributed by atoms with E-state index in [1.807, 2.05) is 39.8 Å². The molecule has 1 aromatic carbocycles. The Morgan fingerprint density at radius 2 is 1.70 bits per heavy atom. The highest BCUT2D eigenvalue weighted by Gasteiger charge is 2.19. The highest BCUT2D eigenvalue weighted by atomic mass is 32.1. The zero-order valence-corrected chi connectivity index (χ0v) is 18.0. The van der Waals surface area contributed by atoms with Gasteiger partial charge in [0, 0.05) is 16.6 Å². The van der Waals surface area contributed by atoms with Gasteiger partial charge in [-0.15, -0.1) is 11.3 Å². The van der Waals surface area contributed by atoms with Gasteiger partial charge in [0.2, 0.25) is 0 Å². The number of hydrazine groups is 1. The summed E-state index contributed by atoms with van der Waals surface area (Å²) in [5, 5.41) is 3.26. The Bertz CT molecular complexity index is 1170. The number of aromatic nitrogens is 1. The first-order valence-corrected chi connectivity index (χ1v) is 10.1. The van der Waals surface area contributed by atoms with E-state index >= 15 is 0 Å². The lowest BCUT2D eigenvalue weighted by atomic mass is 10.1. The number of nitrogen functional groups attached to an aromatic ring is 1. The summed E-state index contributed by atoms with van der Waals surface area (Å²) in [7, 11) is 0. The van der Waals surface area contributed by atoms with Crippen LogP contribution in [0.25, 0.3) is 10.2 Å². The molecule has 0 saturated heterocycles. The van der Waals surface area contributed by atoms with Crippen molar-refractivity contribution in [1.82, 2.24) is 21.2 Å². The van der Waals surface area contributed by atoms with Gasteiger partial charge in [0.05, 0.1) is 12.2 Å². The molecule has 0 aliphatic heterocycles. The van der Waals surface area contributed by atoms with Crippen molar-refractivity contribution >= 4 is 45.0 Å². The highest BCUT2D eigenvalue weighted by molar-refractivity contribution is 7.21. The van der Waals surface area contributed by atoms with Crippen molar-refractivity contribution in [2.45, 2.75) is 27.7 Å². The number of hydrogen-bond acceptors (Lipinski definition) is 6. The number of carbonyl (C=O) groups excluding carboxylic acids is 3. The van der Waals surface area contributed by atoms with Crippen molar-refractivity contribution in [3.05, 3.63) is 57.1 Å². The molecular formula is C21H23N5O3S. The molecule has 30 heavy (non-hydrogen) atoms. The van der Waals surface area contributed by atoms with Crippen molar-refractivity contribution < 1.29 is 14.4 Å². The average molecular weight is 426 g/mol. The fourth-order valence-corrected chi connectivity index (χ4v) is 4.12. The summed E-state index contributed by atoms with van der Waals surface area (Å²) in [5.41, 5.74) is 15.4. The van der Waals surface area contributed by atoms with Gasteiger partial charge < -0.3 is 11.1 Å². The Hall–Kier alpha value is -3.46. The van der Waals surface area contributed by atoms with Crippen LogP contribution in [0.4, 0.5) is 5.69 Å². The zero-order valence-electron chi connectivity index (χ0n) is 17.2. The Morgan fingerprint density at radius 3 is 2.40 bits per heavy atom. The number of nitrogens with two attached hydrogens (primary N) is 1. The van der Waals surface area contributed by atoms with Crippen LogP contribution in [0.3, 0.4) is 0 Å². The highest BCUT2D eigenvalue weighted by Crippen LogP contribution is 2.34. The fourth-order valence-electron chi connectivity index (χ4n) is 3.01. The second-order valence-corrected chi connectivity index (χ2v) is 8.09. The van der Waals surface area contributed by atoms with Gasteiger partial charge >= 0.3 is 0 Å². The molecule has 3 rings (SSSR count). The van der Waals surface area contributed by atoms with Gasteiger partial charge in [0.15, 0.2) is 0 Å². The zero-order chi connectivity index (χ0) is 22.0. The van der Waals surface area contributed by atoms with Gasteiger partial charge in [-0.2, -0.15) is 0 Å². The molecule has 0 saturated carbocycles. The number of rotatable bonds is 4. The minimum atomic E-state index is -0.564. The second kappa shape index (κ2) is 8.50. The van der Waals surface area contributed by atoms with E-state index in [1.54, 1.807) is 12.1 Å². The van der Waals surface area contributed by atoms with Crippen LogP contribution in [-0.4, -0.2) is 29.3 Å². The topological polar surface area (TPSA) is 126 Å². The number of anilines is 1. The van der Waals surface area contributed by atoms with E-state index in [4.69, 9.17) is 5.73 Å². The van der Waals surface area contributed by atoms with Crippen molar-refractivity contribution in [3.63, 3.8) is 0 Å². The van der Waals surface area contributed by atoms with Crippen LogP contribution in [0.2, 0.25) is 0 Å². The van der Waals surface area contributed by atoms with E-state index in [9.17, 15) is 14.4 Å². The minimum absolute atomic E-state index is 0.269. The molecule has 0 spiro atoms. The normalized spacial score (nSPS) is 10.7. The number of nitrogens with zero attached hydrogens (tertiary/aromatic N) is 1. The lowest BCUT2D eigenvalue weighted by Crippen LogP contribution is -2.46. The van der Waals surface area contributed by atoms with E-state index in [0.717, 1.165) is 39.1 Å². The Morgan fingerprint density at radius 1 is 0.967 bits per heavy atom. The largest absolute Gasteiger partial charge is 0.397 e. The first kappa shape index (κ1) is 21.3. The number of benzene rings is 1. The van der Waals surface area contributed by atoms with E-state index in [2.05, 4.69) is 21.2 Å². The van der Waals surface area contributed by atoms with Crippen LogP contribution < -0.4 is 21.9 Å². The molecule has 2 aromatic heterocycles. The third-order valence-electron chi connectivity index (χ3n) is 4.72. The summed E-state index contributed by atoms with van der Waals surface area (Å²) in [6.45, 7) is 7.35. The van der Waals surface area contributed by atoms with Crippen LogP contribution in [-0.2, 0) is 4.79 Å². The Balaban J connectivity index is 1.58. The third-order valence-corrected chi connectivity index (χ3v) is 5.82. The molecule has 3 aromatic rings. The molecule has 0 unspecified atom stereocenters. The van der Waals surface area contributed by atoms with E-state index < -0.39 is 11.8 Å². The number of pyridine rings is 1. The van der Waals surface area contributed by atoms with Gasteiger partial charge in [-0.3, -0.25) is 25.2 Å². The van der Waals surface area contributed by atoms with Gasteiger partial charge in [0.1, 0.15) is 9.71 Å². The van der Waals surface area contributed by atoms with Gasteiger partial charge in [-0.25, -0.2) is 4.98 Å². The predicted octanol–water partition coefficient (Wildman–Crippen LogP) is 2.30. The van der Waals surface area contributed by atoms with E-state index in [1.165, 1.54) is 0 Å². The number of amides is 3. The third kappa shape index (κ3) is 4.41. The molecular weight excluding hydrogens is 402 g/mol. The predicted molar refractivity (Wildman–Crippen MR) is 117 cm³/mol.